The van der Waals surface area contributed by atoms with Gasteiger partial charge in [0.25, 0.3) is 5.91 Å². The first-order valence-electron chi connectivity index (χ1n) is 12.4. The number of rotatable bonds is 5. The van der Waals surface area contributed by atoms with Crippen molar-refractivity contribution in [1.82, 2.24) is 9.21 Å². The van der Waals surface area contributed by atoms with Gasteiger partial charge in [-0.25, -0.2) is 4.31 Å². The third kappa shape index (κ3) is 3.92. The second-order valence-corrected chi connectivity index (χ2v) is 11.1. The Kier molecular flexibility index (Phi) is 6.06. The van der Waals surface area contributed by atoms with Gasteiger partial charge in [0.05, 0.1) is 12.0 Å². The molecule has 5 nitrogen and oxygen atoms in total. The zero-order chi connectivity index (χ0) is 24.9. The predicted molar refractivity (Wildman–Crippen MR) is 146 cm³/mol. The molecule has 0 radical (unpaired) electrons. The molecule has 3 aromatic rings. The summed E-state index contributed by atoms with van der Waals surface area (Å²) in [7, 11) is 0. The third-order valence-electron chi connectivity index (χ3n) is 7.83. The number of piperazine rings is 1. The van der Waals surface area contributed by atoms with E-state index in [9.17, 15) is 9.59 Å². The highest BCUT2D eigenvalue weighted by Crippen LogP contribution is 2.66. The van der Waals surface area contributed by atoms with Gasteiger partial charge in [-0.05, 0) is 59.7 Å². The van der Waals surface area contributed by atoms with Crippen molar-refractivity contribution in [1.29, 1.82) is 0 Å². The SMILES string of the molecule is CSN1CCN(C(=O)c2cccc(CN3C(=O)[C@]4(CC4c4ccc(Cl)cc4)c4ccccc43)c2)CC1. The maximum Gasteiger partial charge on any atom is 0.253 e. The monoisotopic (exact) mass is 517 g/mol. The van der Waals surface area contributed by atoms with Gasteiger partial charge in [-0.15, -0.1) is 0 Å². The van der Waals surface area contributed by atoms with E-state index in [1.54, 1.807) is 11.9 Å². The molecular formula is C29H28ClN3O2S. The molecule has 0 aromatic heterocycles. The highest BCUT2D eigenvalue weighted by Gasteiger charge is 2.67. The summed E-state index contributed by atoms with van der Waals surface area (Å²) in [6, 6.07) is 23.8. The van der Waals surface area contributed by atoms with Gasteiger partial charge in [0.15, 0.2) is 0 Å². The van der Waals surface area contributed by atoms with Crippen molar-refractivity contribution in [3.63, 3.8) is 0 Å². The number of hydrogen-bond acceptors (Lipinski definition) is 4. The summed E-state index contributed by atoms with van der Waals surface area (Å²) in [5, 5.41) is 0.703. The lowest BCUT2D eigenvalue weighted by atomic mass is 9.92. The topological polar surface area (TPSA) is 43.9 Å². The number of anilines is 1. The highest BCUT2D eigenvalue weighted by atomic mass is 35.5. The molecule has 3 aromatic carbocycles. The van der Waals surface area contributed by atoms with Crippen molar-refractivity contribution in [2.75, 3.05) is 37.3 Å². The lowest BCUT2D eigenvalue weighted by molar-refractivity contribution is -0.120. The molecule has 2 amide bonds. The van der Waals surface area contributed by atoms with E-state index in [0.717, 1.165) is 55.0 Å². The van der Waals surface area contributed by atoms with Crippen LogP contribution in [0.25, 0.3) is 0 Å². The molecule has 0 N–H and O–H groups in total. The molecule has 1 unspecified atom stereocenters. The van der Waals surface area contributed by atoms with Crippen molar-refractivity contribution >= 4 is 41.1 Å². The van der Waals surface area contributed by atoms with Crippen molar-refractivity contribution in [2.45, 2.75) is 24.3 Å². The van der Waals surface area contributed by atoms with E-state index in [2.05, 4.69) is 16.6 Å². The average molecular weight is 518 g/mol. The van der Waals surface area contributed by atoms with Crippen molar-refractivity contribution in [2.24, 2.45) is 0 Å². The van der Waals surface area contributed by atoms with E-state index >= 15 is 0 Å². The number of hydrogen-bond donors (Lipinski definition) is 0. The van der Waals surface area contributed by atoms with E-state index in [4.69, 9.17) is 11.6 Å². The lowest BCUT2D eigenvalue weighted by Crippen LogP contribution is -2.46. The average Bonchev–Trinajstić information content (AvgIpc) is 3.63. The van der Waals surface area contributed by atoms with Crippen LogP contribution in [0.2, 0.25) is 5.02 Å². The first kappa shape index (κ1) is 23.6. The molecule has 3 aliphatic rings. The molecule has 1 saturated heterocycles. The summed E-state index contributed by atoms with van der Waals surface area (Å²) in [4.78, 5) is 31.0. The van der Waals surface area contributed by atoms with Crippen LogP contribution in [-0.2, 0) is 16.8 Å². The number of fused-ring (bicyclic) bond motifs is 2. The Hall–Kier alpha value is -2.80. The fourth-order valence-electron chi connectivity index (χ4n) is 5.84. The summed E-state index contributed by atoms with van der Waals surface area (Å²) >= 11 is 7.83. The van der Waals surface area contributed by atoms with E-state index in [1.807, 2.05) is 76.5 Å². The number of carbonyl (C=O) groups is 2. The predicted octanol–water partition coefficient (Wildman–Crippen LogP) is 5.35. The maximum absolute atomic E-state index is 13.9. The van der Waals surface area contributed by atoms with Crippen LogP contribution in [0.15, 0.2) is 72.8 Å². The fraction of sp³-hybridized carbons (Fsp3) is 0.310. The molecule has 1 saturated carbocycles. The Labute approximate surface area is 221 Å². The van der Waals surface area contributed by atoms with Gasteiger partial charge in [0, 0.05) is 48.4 Å². The van der Waals surface area contributed by atoms with Crippen molar-refractivity contribution in [3.05, 3.63) is 100 Å². The number of halogens is 1. The summed E-state index contributed by atoms with van der Waals surface area (Å²) < 4.78 is 2.28. The molecule has 1 spiro atoms. The zero-order valence-electron chi connectivity index (χ0n) is 20.2. The Balaban J connectivity index is 1.24. The third-order valence-corrected chi connectivity index (χ3v) is 8.97. The van der Waals surface area contributed by atoms with Crippen LogP contribution in [0.3, 0.4) is 0 Å². The molecule has 0 bridgehead atoms. The molecule has 2 fully saturated rings. The van der Waals surface area contributed by atoms with Crippen LogP contribution < -0.4 is 4.90 Å². The second kappa shape index (κ2) is 9.25. The van der Waals surface area contributed by atoms with E-state index < -0.39 is 5.41 Å². The second-order valence-electron chi connectivity index (χ2n) is 9.79. The van der Waals surface area contributed by atoms with E-state index in [1.165, 1.54) is 0 Å². The van der Waals surface area contributed by atoms with Gasteiger partial charge in [0.1, 0.15) is 0 Å². The van der Waals surface area contributed by atoms with Crippen LogP contribution in [-0.4, -0.2) is 53.5 Å². The molecule has 184 valence electrons. The van der Waals surface area contributed by atoms with Crippen LogP contribution in [0.1, 0.15) is 39.4 Å². The first-order chi connectivity index (χ1) is 17.5. The summed E-state index contributed by atoms with van der Waals surface area (Å²) in [6.07, 6.45) is 2.88. The van der Waals surface area contributed by atoms with Gasteiger partial charge in [-0.3, -0.25) is 9.59 Å². The molecule has 6 rings (SSSR count). The number of amides is 2. The number of nitrogens with zero attached hydrogens (tertiary/aromatic N) is 3. The van der Waals surface area contributed by atoms with Crippen LogP contribution in [0.5, 0.6) is 0 Å². The minimum Gasteiger partial charge on any atom is -0.336 e. The van der Waals surface area contributed by atoms with Gasteiger partial charge in [-0.1, -0.05) is 66.0 Å². The molecule has 2 heterocycles. The largest absolute Gasteiger partial charge is 0.336 e. The fourth-order valence-corrected chi connectivity index (χ4v) is 6.50. The number of benzene rings is 3. The molecule has 1 aliphatic carbocycles. The smallest absolute Gasteiger partial charge is 0.253 e. The molecule has 2 aliphatic heterocycles. The Morgan fingerprint density at radius 1 is 1.00 bits per heavy atom. The van der Waals surface area contributed by atoms with Crippen molar-refractivity contribution < 1.29 is 9.59 Å². The van der Waals surface area contributed by atoms with Crippen molar-refractivity contribution in [3.8, 4) is 0 Å². The Bertz CT molecular complexity index is 1320. The number of carbonyl (C=O) groups excluding carboxylic acids is 2. The number of para-hydroxylation sites is 1. The quantitative estimate of drug-likeness (QED) is 0.428. The first-order valence-corrected chi connectivity index (χ1v) is 13.9. The molecular weight excluding hydrogens is 490 g/mol. The molecule has 2 atom stereocenters. The molecule has 7 heteroatoms. The zero-order valence-corrected chi connectivity index (χ0v) is 21.8. The highest BCUT2D eigenvalue weighted by molar-refractivity contribution is 7.96. The lowest BCUT2D eigenvalue weighted by Gasteiger charge is -2.33. The minimum absolute atomic E-state index is 0.0622. The van der Waals surface area contributed by atoms with Crippen LogP contribution >= 0.6 is 23.5 Å². The van der Waals surface area contributed by atoms with Gasteiger partial charge < -0.3 is 9.80 Å². The van der Waals surface area contributed by atoms with Crippen LogP contribution in [0, 0.1) is 0 Å². The van der Waals surface area contributed by atoms with Crippen LogP contribution in [0.4, 0.5) is 5.69 Å². The van der Waals surface area contributed by atoms with Gasteiger partial charge >= 0.3 is 0 Å². The summed E-state index contributed by atoms with van der Waals surface area (Å²) in [5.74, 6) is 0.363. The maximum atomic E-state index is 13.9. The Morgan fingerprint density at radius 3 is 2.50 bits per heavy atom. The van der Waals surface area contributed by atoms with E-state index in [0.29, 0.717) is 17.1 Å². The standard InChI is InChI=1S/C29H28ClN3O2S/c1-36-32-15-13-31(14-16-32)27(34)22-6-4-5-20(17-22)19-33-26-8-3-2-7-24(26)29(28(33)35)18-25(29)21-9-11-23(30)12-10-21/h2-12,17,25H,13-16,18-19H2,1H3/t25?,29-/m1/s1. The normalized spacial score (nSPS) is 23.3. The van der Waals surface area contributed by atoms with Gasteiger partial charge in [0.2, 0.25) is 5.91 Å². The molecule has 36 heavy (non-hydrogen) atoms. The summed E-state index contributed by atoms with van der Waals surface area (Å²) in [5.41, 5.74) is 4.38. The van der Waals surface area contributed by atoms with Gasteiger partial charge in [-0.2, -0.15) is 0 Å². The van der Waals surface area contributed by atoms with E-state index in [-0.39, 0.29) is 17.7 Å². The Morgan fingerprint density at radius 2 is 1.75 bits per heavy atom. The minimum atomic E-state index is -0.505. The summed E-state index contributed by atoms with van der Waals surface area (Å²) in [6.45, 7) is 3.67.